The number of rotatable bonds is 4. The number of anilines is 1. The predicted molar refractivity (Wildman–Crippen MR) is 77.2 cm³/mol. The van der Waals surface area contributed by atoms with Crippen molar-refractivity contribution in [3.8, 4) is 0 Å². The van der Waals surface area contributed by atoms with Crippen molar-refractivity contribution in [2.45, 2.75) is 19.8 Å². The Balaban J connectivity index is 2.04. The summed E-state index contributed by atoms with van der Waals surface area (Å²) in [6.45, 7) is 8.25. The molecule has 4 heteroatoms. The summed E-state index contributed by atoms with van der Waals surface area (Å²) in [7, 11) is 0. The van der Waals surface area contributed by atoms with Crippen LogP contribution in [0.1, 0.15) is 30.3 Å². The fraction of sp³-hybridized carbons (Fsp3) is 0.467. The van der Waals surface area contributed by atoms with Gasteiger partial charge in [0.25, 0.3) is 5.91 Å². The lowest BCUT2D eigenvalue weighted by Crippen LogP contribution is -2.38. The smallest absolute Gasteiger partial charge is 0.272 e. The minimum atomic E-state index is 0.0363. The van der Waals surface area contributed by atoms with Crippen LogP contribution in [0.4, 0.5) is 5.69 Å². The molecule has 0 radical (unpaired) electrons. The van der Waals surface area contributed by atoms with Gasteiger partial charge in [-0.15, -0.1) is 6.58 Å². The first-order valence-corrected chi connectivity index (χ1v) is 6.81. The van der Waals surface area contributed by atoms with Crippen molar-refractivity contribution in [3.63, 3.8) is 0 Å². The maximum absolute atomic E-state index is 12.3. The average Bonchev–Trinajstić information content (AvgIpc) is 2.45. The van der Waals surface area contributed by atoms with Gasteiger partial charge in [0.2, 0.25) is 0 Å². The summed E-state index contributed by atoms with van der Waals surface area (Å²) in [5, 5.41) is 3.17. The largest absolute Gasteiger partial charge is 0.381 e. The molecule has 0 bridgehead atoms. The van der Waals surface area contributed by atoms with Crippen molar-refractivity contribution < 1.29 is 4.79 Å². The fourth-order valence-corrected chi connectivity index (χ4v) is 2.22. The van der Waals surface area contributed by atoms with E-state index in [-0.39, 0.29) is 5.91 Å². The van der Waals surface area contributed by atoms with Crippen molar-refractivity contribution in [2.75, 3.05) is 25.0 Å². The number of likely N-dealkylation sites (tertiary alicyclic amines) is 1. The van der Waals surface area contributed by atoms with E-state index in [0.717, 1.165) is 37.5 Å². The molecule has 19 heavy (non-hydrogen) atoms. The van der Waals surface area contributed by atoms with Gasteiger partial charge in [0, 0.05) is 31.5 Å². The zero-order valence-corrected chi connectivity index (χ0v) is 11.4. The second-order valence-corrected chi connectivity index (χ2v) is 5.07. The minimum Gasteiger partial charge on any atom is -0.381 e. The molecule has 0 aliphatic carbocycles. The maximum atomic E-state index is 12.3. The Hall–Kier alpha value is -1.84. The van der Waals surface area contributed by atoms with Crippen LogP contribution in [0.15, 0.2) is 31.0 Å². The molecule has 1 fully saturated rings. The number of nitrogens with zero attached hydrogens (tertiary/aromatic N) is 2. The average molecular weight is 259 g/mol. The molecule has 0 saturated carbocycles. The van der Waals surface area contributed by atoms with Gasteiger partial charge in [0.05, 0.1) is 0 Å². The molecule has 1 N–H and O–H groups in total. The highest BCUT2D eigenvalue weighted by Gasteiger charge is 2.22. The van der Waals surface area contributed by atoms with E-state index in [4.69, 9.17) is 0 Å². The van der Waals surface area contributed by atoms with Crippen molar-refractivity contribution >= 4 is 11.6 Å². The summed E-state index contributed by atoms with van der Waals surface area (Å²) in [4.78, 5) is 18.4. The maximum Gasteiger partial charge on any atom is 0.272 e. The summed E-state index contributed by atoms with van der Waals surface area (Å²) in [6, 6.07) is 3.67. The highest BCUT2D eigenvalue weighted by Crippen LogP contribution is 2.18. The molecule has 0 spiro atoms. The molecule has 0 atom stereocenters. The Morgan fingerprint density at radius 3 is 3.00 bits per heavy atom. The van der Waals surface area contributed by atoms with Gasteiger partial charge < -0.3 is 10.2 Å². The van der Waals surface area contributed by atoms with Gasteiger partial charge >= 0.3 is 0 Å². The Bertz CT molecular complexity index is 450. The molecule has 0 unspecified atom stereocenters. The molecular weight excluding hydrogens is 238 g/mol. The molecule has 1 amide bonds. The number of hydrogen-bond acceptors (Lipinski definition) is 3. The summed E-state index contributed by atoms with van der Waals surface area (Å²) < 4.78 is 0. The number of hydrogen-bond donors (Lipinski definition) is 1. The second kappa shape index (κ2) is 6.36. The van der Waals surface area contributed by atoms with E-state index >= 15 is 0 Å². The Morgan fingerprint density at radius 2 is 2.32 bits per heavy atom. The number of carbonyl (C=O) groups excluding carboxylic acids is 1. The molecular formula is C15H21N3O. The van der Waals surface area contributed by atoms with Crippen LogP contribution in [0.25, 0.3) is 0 Å². The molecule has 4 nitrogen and oxygen atoms in total. The number of amides is 1. The topological polar surface area (TPSA) is 45.2 Å². The van der Waals surface area contributed by atoms with Crippen molar-refractivity contribution in [1.29, 1.82) is 0 Å². The third kappa shape index (κ3) is 3.56. The Kier molecular flexibility index (Phi) is 4.55. The Morgan fingerprint density at radius 1 is 1.58 bits per heavy atom. The molecule has 102 valence electrons. The summed E-state index contributed by atoms with van der Waals surface area (Å²) in [5.74, 6) is 0.756. The SMILES string of the molecule is C=CCNc1ccnc(C(=O)N2CCC(C)CC2)c1. The van der Waals surface area contributed by atoms with Gasteiger partial charge in [-0.05, 0) is 30.9 Å². The quantitative estimate of drug-likeness (QED) is 0.845. The number of piperidine rings is 1. The van der Waals surface area contributed by atoms with Gasteiger partial charge in [0.1, 0.15) is 5.69 Å². The number of carbonyl (C=O) groups is 1. The number of aromatic nitrogens is 1. The zero-order valence-electron chi connectivity index (χ0n) is 11.4. The van der Waals surface area contributed by atoms with Crippen molar-refractivity contribution in [1.82, 2.24) is 9.88 Å². The van der Waals surface area contributed by atoms with E-state index in [1.165, 1.54) is 0 Å². The zero-order chi connectivity index (χ0) is 13.7. The Labute approximate surface area is 114 Å². The van der Waals surface area contributed by atoms with Crippen LogP contribution >= 0.6 is 0 Å². The van der Waals surface area contributed by atoms with E-state index in [1.54, 1.807) is 12.3 Å². The van der Waals surface area contributed by atoms with Crippen LogP contribution in [0.3, 0.4) is 0 Å². The highest BCUT2D eigenvalue weighted by atomic mass is 16.2. The lowest BCUT2D eigenvalue weighted by molar-refractivity contribution is 0.0691. The van der Waals surface area contributed by atoms with Crippen LogP contribution in [-0.4, -0.2) is 35.4 Å². The normalized spacial score (nSPS) is 16.2. The van der Waals surface area contributed by atoms with Crippen LogP contribution in [0, 0.1) is 5.92 Å². The summed E-state index contributed by atoms with van der Waals surface area (Å²) >= 11 is 0. The number of nitrogens with one attached hydrogen (secondary N) is 1. The molecule has 2 heterocycles. The van der Waals surface area contributed by atoms with Gasteiger partial charge in [0.15, 0.2) is 0 Å². The standard InChI is InChI=1S/C15H21N3O/c1-3-7-16-13-4-8-17-14(11-13)15(19)18-9-5-12(2)6-10-18/h3-4,8,11-12H,1,5-7,9-10H2,2H3,(H,16,17). The third-order valence-electron chi connectivity index (χ3n) is 3.50. The molecule has 2 rings (SSSR count). The van der Waals surface area contributed by atoms with E-state index in [9.17, 15) is 4.79 Å². The van der Waals surface area contributed by atoms with Gasteiger partial charge in [-0.25, -0.2) is 0 Å². The van der Waals surface area contributed by atoms with E-state index in [1.807, 2.05) is 17.0 Å². The van der Waals surface area contributed by atoms with Crippen molar-refractivity contribution in [3.05, 3.63) is 36.7 Å². The van der Waals surface area contributed by atoms with Crippen LogP contribution < -0.4 is 5.32 Å². The summed E-state index contributed by atoms with van der Waals surface area (Å²) in [6.07, 6.45) is 5.62. The molecule has 1 aliphatic rings. The van der Waals surface area contributed by atoms with Gasteiger partial charge in [-0.1, -0.05) is 13.0 Å². The molecule has 1 aliphatic heterocycles. The van der Waals surface area contributed by atoms with E-state index in [2.05, 4.69) is 23.8 Å². The first kappa shape index (κ1) is 13.6. The third-order valence-corrected chi connectivity index (χ3v) is 3.50. The lowest BCUT2D eigenvalue weighted by atomic mass is 9.99. The molecule has 0 aromatic carbocycles. The first-order chi connectivity index (χ1) is 9.20. The molecule has 1 aromatic heterocycles. The van der Waals surface area contributed by atoms with Gasteiger partial charge in [-0.3, -0.25) is 9.78 Å². The highest BCUT2D eigenvalue weighted by molar-refractivity contribution is 5.93. The van der Waals surface area contributed by atoms with Crippen LogP contribution in [-0.2, 0) is 0 Å². The number of pyridine rings is 1. The van der Waals surface area contributed by atoms with Crippen LogP contribution in [0.5, 0.6) is 0 Å². The van der Waals surface area contributed by atoms with Gasteiger partial charge in [-0.2, -0.15) is 0 Å². The second-order valence-electron chi connectivity index (χ2n) is 5.07. The summed E-state index contributed by atoms with van der Waals surface area (Å²) in [5.41, 5.74) is 1.42. The molecule has 1 saturated heterocycles. The fourth-order valence-electron chi connectivity index (χ4n) is 2.22. The lowest BCUT2D eigenvalue weighted by Gasteiger charge is -2.30. The molecule has 1 aromatic rings. The predicted octanol–water partition coefficient (Wildman–Crippen LogP) is 2.55. The minimum absolute atomic E-state index is 0.0363. The van der Waals surface area contributed by atoms with E-state index < -0.39 is 0 Å². The van der Waals surface area contributed by atoms with E-state index in [0.29, 0.717) is 12.2 Å². The van der Waals surface area contributed by atoms with Crippen LogP contribution in [0.2, 0.25) is 0 Å². The monoisotopic (exact) mass is 259 g/mol. The van der Waals surface area contributed by atoms with Crippen molar-refractivity contribution in [2.24, 2.45) is 5.92 Å². The first-order valence-electron chi connectivity index (χ1n) is 6.81.